The van der Waals surface area contributed by atoms with Crippen LogP contribution in [0.1, 0.15) is 16.5 Å². The number of thiophene rings is 1. The number of ether oxygens (including phenoxy) is 1. The zero-order chi connectivity index (χ0) is 19.1. The standard InChI is InChI=1S/C19H20N4O3S/c20-12-14-4-1-2-5-15(14)22-19(25)18(24)21-13-16(17-6-3-11-27-17)23-7-9-26-10-8-23/h1-6,11,16H,7-10,13H2,(H,21,24)(H,22,25)/t16-/m1/s1. The molecule has 140 valence electrons. The maximum atomic E-state index is 12.3. The maximum absolute atomic E-state index is 12.3. The Hall–Kier alpha value is -2.73. The lowest BCUT2D eigenvalue weighted by atomic mass is 10.2. The van der Waals surface area contributed by atoms with Crippen LogP contribution in [0.25, 0.3) is 0 Å². The Bertz CT molecular complexity index is 826. The van der Waals surface area contributed by atoms with Gasteiger partial charge in [-0.05, 0) is 23.6 Å². The molecule has 1 aliphatic rings. The average molecular weight is 384 g/mol. The molecule has 1 atom stereocenters. The number of nitriles is 1. The zero-order valence-electron chi connectivity index (χ0n) is 14.7. The van der Waals surface area contributed by atoms with Gasteiger partial charge in [-0.15, -0.1) is 11.3 Å². The number of rotatable bonds is 5. The van der Waals surface area contributed by atoms with E-state index in [4.69, 9.17) is 10.00 Å². The quantitative estimate of drug-likeness (QED) is 0.766. The lowest BCUT2D eigenvalue weighted by Gasteiger charge is -2.34. The first-order chi connectivity index (χ1) is 13.2. The Morgan fingerprint density at radius 2 is 1.96 bits per heavy atom. The largest absolute Gasteiger partial charge is 0.379 e. The van der Waals surface area contributed by atoms with Gasteiger partial charge in [0.2, 0.25) is 0 Å². The molecule has 1 saturated heterocycles. The van der Waals surface area contributed by atoms with Crippen molar-refractivity contribution in [3.63, 3.8) is 0 Å². The topological polar surface area (TPSA) is 94.5 Å². The predicted molar refractivity (Wildman–Crippen MR) is 102 cm³/mol. The average Bonchev–Trinajstić information content (AvgIpc) is 3.23. The van der Waals surface area contributed by atoms with Crippen molar-refractivity contribution in [2.45, 2.75) is 6.04 Å². The lowest BCUT2D eigenvalue weighted by molar-refractivity contribution is -0.136. The summed E-state index contributed by atoms with van der Waals surface area (Å²) in [7, 11) is 0. The highest BCUT2D eigenvalue weighted by Gasteiger charge is 2.25. The molecule has 2 N–H and O–H groups in total. The molecule has 3 rings (SSSR count). The van der Waals surface area contributed by atoms with Gasteiger partial charge in [0, 0.05) is 24.5 Å². The van der Waals surface area contributed by atoms with Crippen LogP contribution in [0.5, 0.6) is 0 Å². The number of carbonyl (C=O) groups is 2. The summed E-state index contributed by atoms with van der Waals surface area (Å²) in [4.78, 5) is 27.8. The molecule has 8 heteroatoms. The van der Waals surface area contributed by atoms with Crippen LogP contribution in [0.2, 0.25) is 0 Å². The molecule has 7 nitrogen and oxygen atoms in total. The third kappa shape index (κ3) is 4.92. The molecule has 0 radical (unpaired) electrons. The summed E-state index contributed by atoms with van der Waals surface area (Å²) in [5.74, 6) is -1.51. The van der Waals surface area contributed by atoms with E-state index in [-0.39, 0.29) is 6.04 Å². The zero-order valence-corrected chi connectivity index (χ0v) is 15.5. The number of hydrogen-bond donors (Lipinski definition) is 2. The fourth-order valence-electron chi connectivity index (χ4n) is 2.92. The van der Waals surface area contributed by atoms with Crippen LogP contribution in [0.15, 0.2) is 41.8 Å². The molecule has 1 fully saturated rings. The fraction of sp³-hybridized carbons (Fsp3) is 0.316. The minimum atomic E-state index is -0.787. The third-order valence-electron chi connectivity index (χ3n) is 4.32. The Balaban J connectivity index is 1.61. The Labute approximate surface area is 161 Å². The summed E-state index contributed by atoms with van der Waals surface area (Å²) in [6, 6.07) is 12.5. The summed E-state index contributed by atoms with van der Waals surface area (Å²) in [6.45, 7) is 3.19. The van der Waals surface area contributed by atoms with Crippen LogP contribution in [0, 0.1) is 11.3 Å². The summed E-state index contributed by atoms with van der Waals surface area (Å²) in [5, 5.41) is 16.3. The molecule has 0 aliphatic carbocycles. The van der Waals surface area contributed by atoms with Crippen LogP contribution in [-0.2, 0) is 14.3 Å². The molecule has 2 amide bonds. The van der Waals surface area contributed by atoms with Crippen molar-refractivity contribution in [3.05, 3.63) is 52.2 Å². The molecule has 2 heterocycles. The molecule has 0 spiro atoms. The van der Waals surface area contributed by atoms with Gasteiger partial charge < -0.3 is 15.4 Å². The van der Waals surface area contributed by atoms with Gasteiger partial charge in [0.15, 0.2) is 0 Å². The summed E-state index contributed by atoms with van der Waals surface area (Å²) in [5.41, 5.74) is 0.631. The highest BCUT2D eigenvalue weighted by Crippen LogP contribution is 2.25. The van der Waals surface area contributed by atoms with E-state index in [1.54, 1.807) is 35.6 Å². The van der Waals surface area contributed by atoms with E-state index in [0.29, 0.717) is 31.0 Å². The Kier molecular flexibility index (Phi) is 6.54. The van der Waals surface area contributed by atoms with Crippen molar-refractivity contribution in [2.24, 2.45) is 0 Å². The van der Waals surface area contributed by atoms with Crippen molar-refractivity contribution in [3.8, 4) is 6.07 Å². The molecule has 27 heavy (non-hydrogen) atoms. The van der Waals surface area contributed by atoms with Crippen LogP contribution in [0.4, 0.5) is 5.69 Å². The van der Waals surface area contributed by atoms with E-state index >= 15 is 0 Å². The Morgan fingerprint density at radius 3 is 2.67 bits per heavy atom. The highest BCUT2D eigenvalue weighted by molar-refractivity contribution is 7.10. The molecule has 0 bridgehead atoms. The second kappa shape index (κ2) is 9.28. The molecule has 1 aromatic carbocycles. The molecule has 0 saturated carbocycles. The first-order valence-corrected chi connectivity index (χ1v) is 9.50. The smallest absolute Gasteiger partial charge is 0.313 e. The summed E-state index contributed by atoms with van der Waals surface area (Å²) >= 11 is 1.62. The second-order valence-corrected chi connectivity index (χ2v) is 6.98. The van der Waals surface area contributed by atoms with Gasteiger partial charge in [-0.2, -0.15) is 5.26 Å². The van der Waals surface area contributed by atoms with Crippen LogP contribution >= 0.6 is 11.3 Å². The number of hydrogen-bond acceptors (Lipinski definition) is 6. The third-order valence-corrected chi connectivity index (χ3v) is 5.29. The number of nitrogens with zero attached hydrogens (tertiary/aromatic N) is 2. The SMILES string of the molecule is N#Cc1ccccc1NC(=O)C(=O)NC[C@H](c1cccs1)N1CCOCC1. The molecule has 2 aromatic rings. The first kappa shape index (κ1) is 19.0. The first-order valence-electron chi connectivity index (χ1n) is 8.62. The number of anilines is 1. The van der Waals surface area contributed by atoms with Crippen molar-refractivity contribution in [1.29, 1.82) is 5.26 Å². The predicted octanol–water partition coefficient (Wildman–Crippen LogP) is 1.75. The monoisotopic (exact) mass is 384 g/mol. The van der Waals surface area contributed by atoms with E-state index in [2.05, 4.69) is 15.5 Å². The number of nitrogens with one attached hydrogen (secondary N) is 2. The number of benzene rings is 1. The molecule has 1 aromatic heterocycles. The number of para-hydroxylation sites is 1. The maximum Gasteiger partial charge on any atom is 0.313 e. The fourth-order valence-corrected chi connectivity index (χ4v) is 3.78. The van der Waals surface area contributed by atoms with Gasteiger partial charge in [0.1, 0.15) is 6.07 Å². The summed E-state index contributed by atoms with van der Waals surface area (Å²) < 4.78 is 5.40. The van der Waals surface area contributed by atoms with E-state index in [1.165, 1.54) is 0 Å². The van der Waals surface area contributed by atoms with E-state index in [1.807, 2.05) is 23.6 Å². The van der Waals surface area contributed by atoms with Gasteiger partial charge in [0.05, 0.1) is 30.5 Å². The molecule has 1 aliphatic heterocycles. The normalized spacial score (nSPS) is 15.5. The van der Waals surface area contributed by atoms with Crippen molar-refractivity contribution < 1.29 is 14.3 Å². The number of carbonyl (C=O) groups excluding carboxylic acids is 2. The molecular formula is C19H20N4O3S. The second-order valence-electron chi connectivity index (χ2n) is 6.00. The van der Waals surface area contributed by atoms with Gasteiger partial charge in [-0.3, -0.25) is 14.5 Å². The number of amides is 2. The van der Waals surface area contributed by atoms with E-state index < -0.39 is 11.8 Å². The minimum absolute atomic E-state index is 0.00274. The highest BCUT2D eigenvalue weighted by atomic mass is 32.1. The summed E-state index contributed by atoms with van der Waals surface area (Å²) in [6.07, 6.45) is 0. The van der Waals surface area contributed by atoms with Crippen LogP contribution in [-0.4, -0.2) is 49.6 Å². The van der Waals surface area contributed by atoms with Crippen molar-refractivity contribution in [1.82, 2.24) is 10.2 Å². The van der Waals surface area contributed by atoms with Gasteiger partial charge in [-0.1, -0.05) is 18.2 Å². The van der Waals surface area contributed by atoms with Crippen LogP contribution in [0.3, 0.4) is 0 Å². The molecule has 0 unspecified atom stereocenters. The van der Waals surface area contributed by atoms with Gasteiger partial charge in [0.25, 0.3) is 0 Å². The Morgan fingerprint density at radius 1 is 1.19 bits per heavy atom. The van der Waals surface area contributed by atoms with Crippen LogP contribution < -0.4 is 10.6 Å². The van der Waals surface area contributed by atoms with Gasteiger partial charge >= 0.3 is 11.8 Å². The van der Waals surface area contributed by atoms with Crippen molar-refractivity contribution >= 4 is 28.8 Å². The van der Waals surface area contributed by atoms with Gasteiger partial charge in [-0.25, -0.2) is 0 Å². The lowest BCUT2D eigenvalue weighted by Crippen LogP contribution is -2.45. The number of morpholine rings is 1. The van der Waals surface area contributed by atoms with E-state index in [9.17, 15) is 9.59 Å². The molecular weight excluding hydrogens is 364 g/mol. The minimum Gasteiger partial charge on any atom is -0.379 e. The van der Waals surface area contributed by atoms with E-state index in [0.717, 1.165) is 18.0 Å². The van der Waals surface area contributed by atoms with Crippen molar-refractivity contribution in [2.75, 3.05) is 38.2 Å².